The van der Waals surface area contributed by atoms with Crippen molar-refractivity contribution >= 4 is 19.8 Å². The Morgan fingerprint density at radius 1 is 0.421 bits per heavy atom. The molecule has 0 bridgehead atoms. The quantitative estimate of drug-likeness (QED) is 0.0195. The molecule has 0 aromatic rings. The van der Waals surface area contributed by atoms with Crippen LogP contribution in [0.5, 0.6) is 0 Å². The number of likely N-dealkylation sites (N-methyl/N-ethyl adjacent to an activating group) is 1. The summed E-state index contributed by atoms with van der Waals surface area (Å²) >= 11 is 0. The van der Waals surface area contributed by atoms with Crippen LogP contribution >= 0.6 is 7.82 Å². The monoisotopic (exact) mass is 1090 g/mol. The second kappa shape index (κ2) is 57.6. The number of hydrogen-bond acceptors (Lipinski definition) is 8. The van der Waals surface area contributed by atoms with E-state index >= 15 is 0 Å². The van der Waals surface area contributed by atoms with Gasteiger partial charge in [0.15, 0.2) is 6.10 Å². The lowest BCUT2D eigenvalue weighted by Gasteiger charge is -2.28. The molecule has 2 atom stereocenters. The van der Waals surface area contributed by atoms with Gasteiger partial charge in [0.25, 0.3) is 7.82 Å². The van der Waals surface area contributed by atoms with Gasteiger partial charge in [0.2, 0.25) is 0 Å². The molecule has 76 heavy (non-hydrogen) atoms. The van der Waals surface area contributed by atoms with Gasteiger partial charge < -0.3 is 27.9 Å². The molecule has 0 radical (unpaired) electrons. The lowest BCUT2D eigenvalue weighted by molar-refractivity contribution is -0.870. The lowest BCUT2D eigenvalue weighted by atomic mass is 10.0. The van der Waals surface area contributed by atoms with E-state index in [1.54, 1.807) is 0 Å². The Hall–Kier alpha value is -2.03. The summed E-state index contributed by atoms with van der Waals surface area (Å²) in [5, 5.41) is 0. The summed E-state index contributed by atoms with van der Waals surface area (Å²) in [7, 11) is 1.18. The van der Waals surface area contributed by atoms with Crippen molar-refractivity contribution in [3.05, 3.63) is 48.6 Å². The third kappa shape index (κ3) is 61.2. The van der Waals surface area contributed by atoms with Gasteiger partial charge in [-0.25, -0.2) is 0 Å². The molecule has 0 heterocycles. The second-order valence-electron chi connectivity index (χ2n) is 23.1. The van der Waals surface area contributed by atoms with E-state index in [1.807, 2.05) is 21.1 Å². The van der Waals surface area contributed by atoms with Crippen molar-refractivity contribution in [2.24, 2.45) is 0 Å². The average Bonchev–Trinajstić information content (AvgIpc) is 3.38. The Morgan fingerprint density at radius 2 is 0.750 bits per heavy atom. The number of nitrogens with zero attached hydrogens (tertiary/aromatic N) is 1. The summed E-state index contributed by atoms with van der Waals surface area (Å²) in [6, 6.07) is 0. The number of allylic oxidation sites excluding steroid dienone is 8. The molecule has 10 heteroatoms. The van der Waals surface area contributed by atoms with Gasteiger partial charge in [-0.05, 0) is 51.4 Å². The highest BCUT2D eigenvalue weighted by Crippen LogP contribution is 2.38. The van der Waals surface area contributed by atoms with Crippen LogP contribution in [0.25, 0.3) is 0 Å². The molecule has 0 amide bonds. The normalized spacial score (nSPS) is 13.5. The number of esters is 2. The molecule has 0 N–H and O–H groups in total. The Bertz CT molecular complexity index is 1420. The van der Waals surface area contributed by atoms with E-state index in [4.69, 9.17) is 18.5 Å². The van der Waals surface area contributed by atoms with Gasteiger partial charge in [-0.1, -0.05) is 294 Å². The third-order valence-electron chi connectivity index (χ3n) is 14.4. The first-order valence-corrected chi connectivity index (χ1v) is 33.8. The van der Waals surface area contributed by atoms with E-state index in [2.05, 4.69) is 62.5 Å². The first-order valence-electron chi connectivity index (χ1n) is 32.3. The maximum absolute atomic E-state index is 12.8. The van der Waals surface area contributed by atoms with Crippen LogP contribution in [0.2, 0.25) is 0 Å². The van der Waals surface area contributed by atoms with Gasteiger partial charge in [0.1, 0.15) is 19.8 Å². The van der Waals surface area contributed by atoms with Crippen molar-refractivity contribution in [3.8, 4) is 0 Å². The molecule has 0 aliphatic rings. The van der Waals surface area contributed by atoms with Crippen LogP contribution in [0.3, 0.4) is 0 Å². The van der Waals surface area contributed by atoms with E-state index in [0.717, 1.165) is 57.8 Å². The predicted molar refractivity (Wildman–Crippen MR) is 324 cm³/mol. The SMILES string of the molecule is CC/C=C\C/C=C\C/C=C\C/C=C\CCCCCCCCCCCCCCCCCCCCCCCCCCCCC(=O)OC(COC(=O)CCCCCCCCCCCCCCC)COP(=O)([O-])OCC[N+](C)(C)C. The van der Waals surface area contributed by atoms with E-state index in [0.29, 0.717) is 17.4 Å². The molecule has 0 aromatic carbocycles. The average molecular weight is 1090 g/mol. The van der Waals surface area contributed by atoms with Crippen LogP contribution in [-0.4, -0.2) is 70.0 Å². The van der Waals surface area contributed by atoms with Gasteiger partial charge in [-0.15, -0.1) is 0 Å². The molecule has 0 aromatic heterocycles. The number of carbonyl (C=O) groups excluding carboxylic acids is 2. The fraction of sp³-hybridized carbons (Fsp3) is 0.848. The van der Waals surface area contributed by atoms with Crippen LogP contribution < -0.4 is 4.89 Å². The molecule has 0 aliphatic carbocycles. The van der Waals surface area contributed by atoms with Crippen LogP contribution in [-0.2, 0) is 32.7 Å². The van der Waals surface area contributed by atoms with Crippen molar-refractivity contribution < 1.29 is 42.1 Å². The van der Waals surface area contributed by atoms with Crippen LogP contribution in [0.15, 0.2) is 48.6 Å². The number of phosphoric acid groups is 1. The standard InChI is InChI=1S/C66H124NO8P/c1-6-8-10-12-14-16-18-20-21-22-23-24-25-26-27-28-29-30-31-32-33-34-35-36-37-38-39-40-41-42-43-44-45-47-49-51-53-55-57-59-66(69)75-64(63-74-76(70,71)73-61-60-67(3,4)5)62-72-65(68)58-56-54-52-50-48-46-19-17-15-13-11-9-7-2/h8,10,14,16,20-21,23-24,64H,6-7,9,11-13,15,17-19,22,25-63H2,1-5H3/b10-8-,16-14-,21-20-,24-23-. The Morgan fingerprint density at radius 3 is 1.12 bits per heavy atom. The summed E-state index contributed by atoms with van der Waals surface area (Å²) in [6.45, 7) is 4.17. The van der Waals surface area contributed by atoms with E-state index < -0.39 is 26.5 Å². The molecule has 0 aliphatic heterocycles. The van der Waals surface area contributed by atoms with Gasteiger partial charge in [-0.3, -0.25) is 14.2 Å². The molecule has 0 saturated carbocycles. The molecule has 0 saturated heterocycles. The first-order chi connectivity index (χ1) is 37.0. The van der Waals surface area contributed by atoms with Gasteiger partial charge in [0, 0.05) is 12.8 Å². The van der Waals surface area contributed by atoms with Crippen molar-refractivity contribution in [3.63, 3.8) is 0 Å². The zero-order chi connectivity index (χ0) is 55.6. The van der Waals surface area contributed by atoms with Gasteiger partial charge in [0.05, 0.1) is 27.7 Å². The summed E-state index contributed by atoms with van der Waals surface area (Å²) in [5.74, 6) is -0.816. The number of carbonyl (C=O) groups is 2. The number of phosphoric ester groups is 1. The molecule has 9 nitrogen and oxygen atoms in total. The van der Waals surface area contributed by atoms with Gasteiger partial charge in [-0.2, -0.15) is 0 Å². The van der Waals surface area contributed by atoms with Crippen LogP contribution in [0.1, 0.15) is 309 Å². The van der Waals surface area contributed by atoms with Gasteiger partial charge >= 0.3 is 11.9 Å². The van der Waals surface area contributed by atoms with E-state index in [9.17, 15) is 19.0 Å². The summed E-state index contributed by atoms with van der Waals surface area (Å²) in [4.78, 5) is 37.8. The summed E-state index contributed by atoms with van der Waals surface area (Å²) in [6.07, 6.45) is 73.5. The second-order valence-corrected chi connectivity index (χ2v) is 24.5. The maximum atomic E-state index is 12.8. The lowest BCUT2D eigenvalue weighted by Crippen LogP contribution is -2.37. The zero-order valence-corrected chi connectivity index (χ0v) is 51.6. The van der Waals surface area contributed by atoms with E-state index in [-0.39, 0.29) is 32.0 Å². The highest BCUT2D eigenvalue weighted by atomic mass is 31.2. The number of rotatable bonds is 60. The minimum Gasteiger partial charge on any atom is -0.756 e. The predicted octanol–water partition coefficient (Wildman–Crippen LogP) is 19.9. The van der Waals surface area contributed by atoms with Crippen molar-refractivity contribution in [1.29, 1.82) is 0 Å². The zero-order valence-electron chi connectivity index (χ0n) is 50.7. The fourth-order valence-electron chi connectivity index (χ4n) is 9.42. The van der Waals surface area contributed by atoms with E-state index in [1.165, 1.54) is 218 Å². The number of unbranched alkanes of at least 4 members (excludes halogenated alkanes) is 38. The molecule has 0 spiro atoms. The minimum atomic E-state index is -4.63. The topological polar surface area (TPSA) is 111 Å². The highest BCUT2D eigenvalue weighted by Gasteiger charge is 2.22. The molecule has 0 rings (SSSR count). The molecule has 2 unspecified atom stereocenters. The molecule has 0 fully saturated rings. The number of ether oxygens (including phenoxy) is 2. The molecular formula is C66H124NO8P. The maximum Gasteiger partial charge on any atom is 0.306 e. The largest absolute Gasteiger partial charge is 0.756 e. The first kappa shape index (κ1) is 74.0. The smallest absolute Gasteiger partial charge is 0.306 e. The fourth-order valence-corrected chi connectivity index (χ4v) is 10.1. The molecule has 446 valence electrons. The number of hydrogen-bond donors (Lipinski definition) is 0. The molecular weight excluding hydrogens is 966 g/mol. The van der Waals surface area contributed by atoms with Crippen LogP contribution in [0.4, 0.5) is 0 Å². The Labute approximate surface area is 471 Å². The minimum absolute atomic E-state index is 0.0275. The highest BCUT2D eigenvalue weighted by molar-refractivity contribution is 7.45. The van der Waals surface area contributed by atoms with Crippen molar-refractivity contribution in [2.75, 3.05) is 47.5 Å². The Kier molecular flexibility index (Phi) is 56.1. The van der Waals surface area contributed by atoms with Crippen LogP contribution in [0, 0.1) is 0 Å². The number of quaternary nitrogens is 1. The summed E-state index contributed by atoms with van der Waals surface area (Å²) < 4.78 is 34.2. The van der Waals surface area contributed by atoms with Crippen molar-refractivity contribution in [1.82, 2.24) is 0 Å². The summed E-state index contributed by atoms with van der Waals surface area (Å²) in [5.41, 5.74) is 0. The van der Waals surface area contributed by atoms with Crippen molar-refractivity contribution in [2.45, 2.75) is 315 Å². The third-order valence-corrected chi connectivity index (χ3v) is 15.3. The Balaban J connectivity index is 3.86.